The zero-order chi connectivity index (χ0) is 47.4. The van der Waals surface area contributed by atoms with Crippen LogP contribution in [0.1, 0.15) is 131 Å². The maximum Gasteiger partial charge on any atom is 0.313 e. The van der Waals surface area contributed by atoms with E-state index in [-0.39, 0.29) is 117 Å². The number of guanidine groups is 1. The number of aliphatic hydroxyl groups excluding tert-OH is 3. The first-order chi connectivity index (χ1) is 30.6. The molecule has 0 amide bonds. The number of aromatic amines is 1. The van der Waals surface area contributed by atoms with Crippen molar-refractivity contribution in [1.82, 2.24) is 10.3 Å². The summed E-state index contributed by atoms with van der Waals surface area (Å²) in [5.41, 5.74) is 7.70. The number of aliphatic hydroxyl groups is 5. The van der Waals surface area contributed by atoms with Crippen molar-refractivity contribution in [1.29, 1.82) is 0 Å². The first-order valence-corrected chi connectivity index (χ1v) is 24.4. The molecule has 5 aliphatic carbocycles. The van der Waals surface area contributed by atoms with Crippen molar-refractivity contribution in [3.8, 4) is 11.8 Å². The molecule has 6 aliphatic rings. The molecule has 17 atom stereocenters. The van der Waals surface area contributed by atoms with E-state index in [2.05, 4.69) is 54.8 Å². The quantitative estimate of drug-likeness (QED) is 0.0659. The third-order valence-electron chi connectivity index (χ3n) is 17.9. The zero-order valence-electron chi connectivity index (χ0n) is 39.7. The summed E-state index contributed by atoms with van der Waals surface area (Å²) >= 11 is 0. The van der Waals surface area contributed by atoms with Crippen LogP contribution in [-0.4, -0.2) is 103 Å². The fourth-order valence-corrected chi connectivity index (χ4v) is 14.4. The van der Waals surface area contributed by atoms with Crippen LogP contribution in [0, 0.1) is 81.8 Å². The predicted octanol–water partition coefficient (Wildman–Crippen LogP) is 4.09. The molecule has 2 heterocycles. The molecule has 360 valence electrons. The number of hydrogen-bond donors (Lipinski definition) is 9. The van der Waals surface area contributed by atoms with Gasteiger partial charge in [-0.05, 0) is 130 Å². The van der Waals surface area contributed by atoms with Gasteiger partial charge in [-0.15, -0.1) is 5.92 Å². The minimum absolute atomic E-state index is 0.0389. The van der Waals surface area contributed by atoms with Crippen molar-refractivity contribution in [2.45, 2.75) is 155 Å². The van der Waals surface area contributed by atoms with Gasteiger partial charge in [-0.25, -0.2) is 0 Å². The first-order valence-electron chi connectivity index (χ1n) is 24.4. The third kappa shape index (κ3) is 8.82. The third-order valence-corrected chi connectivity index (χ3v) is 17.9. The molecule has 65 heavy (non-hydrogen) atoms. The number of carbonyl (C=O) groups is 3. The lowest BCUT2D eigenvalue weighted by molar-refractivity contribution is -0.189. The normalized spacial score (nSPS) is 43.1. The van der Waals surface area contributed by atoms with E-state index in [1.807, 2.05) is 25.4 Å². The number of fused-ring (bicyclic) bond motifs is 7. The molecule has 0 aromatic carbocycles. The summed E-state index contributed by atoms with van der Waals surface area (Å²) in [7, 11) is 0. The van der Waals surface area contributed by atoms with Gasteiger partial charge in [0.25, 0.3) is 0 Å². The maximum atomic E-state index is 15.0. The number of ether oxygens (including phenoxy) is 1. The van der Waals surface area contributed by atoms with Crippen LogP contribution in [0.25, 0.3) is 0 Å². The van der Waals surface area contributed by atoms with Gasteiger partial charge in [0, 0.05) is 54.4 Å². The smallest absolute Gasteiger partial charge is 0.313 e. The molecule has 3 saturated carbocycles. The lowest BCUT2D eigenvalue weighted by Crippen LogP contribution is -2.65. The Labute approximate surface area is 385 Å². The molecule has 1 saturated heterocycles. The number of cyclic esters (lactones) is 1. The zero-order valence-corrected chi connectivity index (χ0v) is 39.7. The largest absolute Gasteiger partial charge is 0.465 e. The first kappa shape index (κ1) is 49.2. The summed E-state index contributed by atoms with van der Waals surface area (Å²) in [6, 6.07) is 1.92. The Hall–Kier alpha value is -3.74. The maximum absolute atomic E-state index is 15.0. The number of nitrogens with zero attached hydrogens (tertiary/aromatic N) is 1. The number of H-pyrrole nitrogens is 1. The number of nitrogens with one attached hydrogen (secondary N) is 2. The topological polar surface area (TPSA) is 254 Å². The van der Waals surface area contributed by atoms with Gasteiger partial charge in [-0.3, -0.25) is 19.4 Å². The fraction of sp³-hybridized carbons (Fsp3) is 0.765. The molecule has 7 rings (SSSR count). The minimum atomic E-state index is -1.79. The molecule has 14 nitrogen and oxygen atoms in total. The van der Waals surface area contributed by atoms with Gasteiger partial charge in [0.1, 0.15) is 5.78 Å². The average molecular weight is 904 g/mol. The summed E-state index contributed by atoms with van der Waals surface area (Å²) in [6.45, 7) is 14.1. The van der Waals surface area contributed by atoms with E-state index in [0.29, 0.717) is 24.3 Å². The van der Waals surface area contributed by atoms with Crippen molar-refractivity contribution >= 4 is 23.5 Å². The van der Waals surface area contributed by atoms with E-state index in [1.165, 1.54) is 6.92 Å². The van der Waals surface area contributed by atoms with Gasteiger partial charge < -0.3 is 52.0 Å². The van der Waals surface area contributed by atoms with Crippen LogP contribution in [0.15, 0.2) is 34.7 Å². The molecule has 4 fully saturated rings. The fourth-order valence-electron chi connectivity index (χ4n) is 14.4. The van der Waals surface area contributed by atoms with Gasteiger partial charge >= 0.3 is 5.97 Å². The minimum Gasteiger partial charge on any atom is -0.465 e. The second-order valence-electron chi connectivity index (χ2n) is 22.3. The van der Waals surface area contributed by atoms with E-state index >= 15 is 0 Å². The summed E-state index contributed by atoms with van der Waals surface area (Å²) in [5, 5.41) is 65.2. The highest BCUT2D eigenvalue weighted by Crippen LogP contribution is 2.72. The van der Waals surface area contributed by atoms with Crippen molar-refractivity contribution in [2.24, 2.45) is 86.5 Å². The van der Waals surface area contributed by atoms with Gasteiger partial charge in [-0.2, -0.15) is 0 Å². The van der Waals surface area contributed by atoms with E-state index in [9.17, 15) is 39.9 Å². The predicted molar refractivity (Wildman–Crippen MR) is 246 cm³/mol. The Morgan fingerprint density at radius 2 is 1.80 bits per heavy atom. The molecular weight excluding hydrogens is 827 g/mol. The number of carbonyl (C=O) groups excluding carboxylic acids is 3. The Morgan fingerprint density at radius 3 is 2.46 bits per heavy atom. The van der Waals surface area contributed by atoms with Crippen LogP contribution in [0.5, 0.6) is 0 Å². The van der Waals surface area contributed by atoms with Crippen molar-refractivity contribution in [3.63, 3.8) is 0 Å². The van der Waals surface area contributed by atoms with Crippen LogP contribution in [0.2, 0.25) is 0 Å². The molecule has 1 aromatic heterocycles. The highest BCUT2D eigenvalue weighted by Gasteiger charge is 2.74. The number of aliphatic imine (C=N–C) groups is 1. The average Bonchev–Trinajstić information content (AvgIpc) is 3.95. The van der Waals surface area contributed by atoms with Gasteiger partial charge in [-0.1, -0.05) is 47.0 Å². The summed E-state index contributed by atoms with van der Waals surface area (Å²) in [4.78, 5) is 48.6. The second-order valence-corrected chi connectivity index (χ2v) is 22.3. The molecule has 0 bridgehead atoms. The molecule has 14 heteroatoms. The monoisotopic (exact) mass is 904 g/mol. The highest BCUT2D eigenvalue weighted by molar-refractivity contribution is 6.00. The molecule has 0 radical (unpaired) electrons. The Balaban J connectivity index is 1.41. The number of rotatable bonds is 11. The Morgan fingerprint density at radius 1 is 1.06 bits per heavy atom. The number of hydrogen-bond acceptors (Lipinski definition) is 11. The van der Waals surface area contributed by atoms with Crippen LogP contribution in [0.3, 0.4) is 0 Å². The number of nitrogens with two attached hydrogens (primary N) is 2. The number of ketones is 2. The van der Waals surface area contributed by atoms with E-state index in [4.69, 9.17) is 16.2 Å². The van der Waals surface area contributed by atoms with Gasteiger partial charge in [0.2, 0.25) is 0 Å². The molecule has 1 aromatic rings. The second kappa shape index (κ2) is 18.7. The molecule has 0 spiro atoms. The van der Waals surface area contributed by atoms with E-state index in [1.54, 1.807) is 6.92 Å². The highest BCUT2D eigenvalue weighted by atomic mass is 16.5. The van der Waals surface area contributed by atoms with Gasteiger partial charge in [0.05, 0.1) is 54.3 Å². The Kier molecular flexibility index (Phi) is 14.2. The standard InChI is InChI=1S/C51H77N5O9/c1-27(2)11-12-31-20-32(35-26-65-46(62)41(35)34-14-17-54-25-34)9-8-10-33-22-51(64)42-36(48(6)23-39(59)38(58)21-37(48)44(61)43(42)56-24-29(4)57)13-15-50(51,16-18-55-47(52)53)45(33)49(7,63)40(60)19-28(3)30(31)5/h14,17,25,27-28,30-33,35-41,45,54,56,58-60,63-64H,10-13,15-16,18-24,26H2,1-7H3,(H4,52,53,55)/t28-,30+,31+,32-,33+,35-,36+,37+,38-,39+,40-,41+,45-,48-,49+,50+,51-/m1/s1. The van der Waals surface area contributed by atoms with Crippen molar-refractivity contribution in [2.75, 3.05) is 19.7 Å². The molecule has 0 unspecified atom stereocenters. The number of allylic oxidation sites excluding steroid dienone is 1. The Bertz CT molecular complexity index is 2050. The molecule has 1 aliphatic heterocycles. The van der Waals surface area contributed by atoms with E-state index < -0.39 is 69.9 Å². The SMILES string of the molecule is CC(=O)CNC1=C2[C@H](CC[C@]3(CCN=C(N)N)[C@@H]4[C@@H](CC#C[C@@H]([C@H]5COC(=O)[C@H]5c5cc[nH]c5)C[C@H](CCC(C)C)[C@@H](C)[C@H](C)C[C@@H](O)[C@]4(C)O)C[C@@]23O)[C@@]2(C)C[C@H](O)[C@H](O)C[C@H]2C1=O. The number of Topliss-reactive ketones (excluding diaryl/α,β-unsaturated/α-hetero) is 2. The van der Waals surface area contributed by atoms with Crippen LogP contribution in [0.4, 0.5) is 0 Å². The van der Waals surface area contributed by atoms with Crippen LogP contribution in [-0.2, 0) is 19.1 Å². The molecule has 11 N–H and O–H groups in total. The summed E-state index contributed by atoms with van der Waals surface area (Å²) in [5.74, 6) is 3.78. The van der Waals surface area contributed by atoms with Crippen molar-refractivity contribution < 1.29 is 44.7 Å². The summed E-state index contributed by atoms with van der Waals surface area (Å²) in [6.07, 6.45) is 4.77. The molecular formula is C51H77N5O9. The van der Waals surface area contributed by atoms with Crippen molar-refractivity contribution in [3.05, 3.63) is 35.3 Å². The number of esters is 1. The lowest BCUT2D eigenvalue weighted by Gasteiger charge is -2.62. The number of aromatic nitrogens is 1. The lowest BCUT2D eigenvalue weighted by atomic mass is 9.44. The van der Waals surface area contributed by atoms with Crippen LogP contribution < -0.4 is 16.8 Å². The van der Waals surface area contributed by atoms with E-state index in [0.717, 1.165) is 24.8 Å². The summed E-state index contributed by atoms with van der Waals surface area (Å²) < 4.78 is 5.81. The van der Waals surface area contributed by atoms with Gasteiger partial charge in [0.15, 0.2) is 11.7 Å². The van der Waals surface area contributed by atoms with Crippen LogP contribution >= 0.6 is 0 Å².